The summed E-state index contributed by atoms with van der Waals surface area (Å²) in [7, 11) is 0. The SMILES string of the molecule is CC(C)Cn1c(C2CCCOC2)nc2cc(CN)ccc21. The first-order valence-corrected chi connectivity index (χ1v) is 7.96. The van der Waals surface area contributed by atoms with E-state index in [1.165, 1.54) is 17.8 Å². The van der Waals surface area contributed by atoms with E-state index in [9.17, 15) is 0 Å². The predicted octanol–water partition coefficient (Wildman–Crippen LogP) is 3.05. The fraction of sp³-hybridized carbons (Fsp3) is 0.588. The zero-order valence-corrected chi connectivity index (χ0v) is 13.0. The first-order valence-electron chi connectivity index (χ1n) is 7.96. The summed E-state index contributed by atoms with van der Waals surface area (Å²) in [6.45, 7) is 7.75. The molecule has 1 fully saturated rings. The van der Waals surface area contributed by atoms with Crippen molar-refractivity contribution in [1.82, 2.24) is 9.55 Å². The molecule has 0 saturated carbocycles. The average Bonchev–Trinajstić information content (AvgIpc) is 2.85. The molecule has 1 saturated heterocycles. The molecule has 0 amide bonds. The smallest absolute Gasteiger partial charge is 0.115 e. The number of imidazole rings is 1. The van der Waals surface area contributed by atoms with Crippen molar-refractivity contribution in [2.45, 2.75) is 45.7 Å². The van der Waals surface area contributed by atoms with Crippen LogP contribution in [0.3, 0.4) is 0 Å². The quantitative estimate of drug-likeness (QED) is 0.940. The van der Waals surface area contributed by atoms with Gasteiger partial charge in [0, 0.05) is 25.6 Å². The minimum absolute atomic E-state index is 0.422. The maximum absolute atomic E-state index is 5.75. The van der Waals surface area contributed by atoms with Crippen molar-refractivity contribution in [1.29, 1.82) is 0 Å². The van der Waals surface area contributed by atoms with Crippen molar-refractivity contribution in [3.63, 3.8) is 0 Å². The number of rotatable bonds is 4. The summed E-state index contributed by atoms with van der Waals surface area (Å²) in [5, 5.41) is 0. The second-order valence-electron chi connectivity index (χ2n) is 6.42. The normalized spacial score (nSPS) is 19.5. The van der Waals surface area contributed by atoms with Crippen molar-refractivity contribution < 1.29 is 4.74 Å². The third-order valence-electron chi connectivity index (χ3n) is 4.15. The Hall–Kier alpha value is -1.39. The van der Waals surface area contributed by atoms with Gasteiger partial charge in [-0.3, -0.25) is 0 Å². The van der Waals surface area contributed by atoms with Crippen LogP contribution in [0.2, 0.25) is 0 Å². The molecule has 1 aromatic heterocycles. The molecule has 114 valence electrons. The molecule has 1 aliphatic heterocycles. The summed E-state index contributed by atoms with van der Waals surface area (Å²) < 4.78 is 8.05. The Morgan fingerprint density at radius 2 is 2.29 bits per heavy atom. The number of benzene rings is 1. The molecular weight excluding hydrogens is 262 g/mol. The molecular formula is C17H25N3O. The molecule has 0 bridgehead atoms. The van der Waals surface area contributed by atoms with E-state index in [1.807, 2.05) is 0 Å². The van der Waals surface area contributed by atoms with Gasteiger partial charge in [-0.1, -0.05) is 19.9 Å². The highest BCUT2D eigenvalue weighted by Crippen LogP contribution is 2.29. The van der Waals surface area contributed by atoms with E-state index in [-0.39, 0.29) is 0 Å². The monoisotopic (exact) mass is 287 g/mol. The fourth-order valence-corrected chi connectivity index (χ4v) is 3.13. The van der Waals surface area contributed by atoms with Crippen molar-refractivity contribution in [2.24, 2.45) is 11.7 Å². The summed E-state index contributed by atoms with van der Waals surface area (Å²) >= 11 is 0. The molecule has 4 heteroatoms. The van der Waals surface area contributed by atoms with Crippen LogP contribution in [0.5, 0.6) is 0 Å². The van der Waals surface area contributed by atoms with Gasteiger partial charge in [0.1, 0.15) is 5.82 Å². The molecule has 1 aromatic carbocycles. The maximum atomic E-state index is 5.75. The van der Waals surface area contributed by atoms with Crippen LogP contribution in [0, 0.1) is 5.92 Å². The second-order valence-corrected chi connectivity index (χ2v) is 6.42. The van der Waals surface area contributed by atoms with Gasteiger partial charge in [-0.05, 0) is 36.5 Å². The first-order chi connectivity index (χ1) is 10.2. The third-order valence-corrected chi connectivity index (χ3v) is 4.15. The zero-order valence-electron chi connectivity index (χ0n) is 13.0. The van der Waals surface area contributed by atoms with Crippen LogP contribution in [0.15, 0.2) is 18.2 Å². The third kappa shape index (κ3) is 2.97. The second kappa shape index (κ2) is 6.16. The van der Waals surface area contributed by atoms with E-state index < -0.39 is 0 Å². The maximum Gasteiger partial charge on any atom is 0.115 e. The molecule has 2 aromatic rings. The molecule has 0 spiro atoms. The van der Waals surface area contributed by atoms with Gasteiger partial charge < -0.3 is 15.0 Å². The van der Waals surface area contributed by atoms with Gasteiger partial charge in [-0.25, -0.2) is 4.98 Å². The largest absolute Gasteiger partial charge is 0.381 e. The Balaban J connectivity index is 2.07. The van der Waals surface area contributed by atoms with Crippen molar-refractivity contribution >= 4 is 11.0 Å². The minimum atomic E-state index is 0.422. The summed E-state index contributed by atoms with van der Waals surface area (Å²) in [6.07, 6.45) is 2.30. The summed E-state index contributed by atoms with van der Waals surface area (Å²) in [4.78, 5) is 4.93. The number of hydrogen-bond acceptors (Lipinski definition) is 3. The lowest BCUT2D eigenvalue weighted by molar-refractivity contribution is 0.0770. The highest BCUT2D eigenvalue weighted by Gasteiger charge is 2.23. The van der Waals surface area contributed by atoms with Crippen LogP contribution < -0.4 is 5.73 Å². The molecule has 0 radical (unpaired) electrons. The molecule has 3 rings (SSSR count). The van der Waals surface area contributed by atoms with Crippen LogP contribution in [0.4, 0.5) is 0 Å². The minimum Gasteiger partial charge on any atom is -0.381 e. The standard InChI is InChI=1S/C17H25N3O/c1-12(2)10-20-16-6-5-13(9-18)8-15(16)19-17(20)14-4-3-7-21-11-14/h5-6,8,12,14H,3-4,7,9-11,18H2,1-2H3. The van der Waals surface area contributed by atoms with E-state index in [0.29, 0.717) is 18.4 Å². The van der Waals surface area contributed by atoms with Crippen LogP contribution in [0.1, 0.15) is 44.0 Å². The van der Waals surface area contributed by atoms with E-state index in [2.05, 4.69) is 36.6 Å². The van der Waals surface area contributed by atoms with Crippen LogP contribution in [-0.2, 0) is 17.8 Å². The van der Waals surface area contributed by atoms with E-state index >= 15 is 0 Å². The lowest BCUT2D eigenvalue weighted by atomic mass is 10.0. The van der Waals surface area contributed by atoms with Gasteiger partial charge in [0.05, 0.1) is 17.6 Å². The molecule has 0 aliphatic carbocycles. The van der Waals surface area contributed by atoms with Crippen LogP contribution in [-0.4, -0.2) is 22.8 Å². The molecule has 1 unspecified atom stereocenters. The van der Waals surface area contributed by atoms with Crippen LogP contribution >= 0.6 is 0 Å². The molecule has 1 atom stereocenters. The number of ether oxygens (including phenoxy) is 1. The molecule has 1 aliphatic rings. The Morgan fingerprint density at radius 1 is 1.43 bits per heavy atom. The average molecular weight is 287 g/mol. The molecule has 2 N–H and O–H groups in total. The summed E-state index contributed by atoms with van der Waals surface area (Å²) in [6, 6.07) is 6.40. The number of nitrogens with two attached hydrogens (primary N) is 1. The molecule has 2 heterocycles. The van der Waals surface area contributed by atoms with E-state index in [0.717, 1.165) is 37.3 Å². The highest BCUT2D eigenvalue weighted by atomic mass is 16.5. The molecule has 21 heavy (non-hydrogen) atoms. The van der Waals surface area contributed by atoms with Crippen molar-refractivity contribution in [3.05, 3.63) is 29.6 Å². The topological polar surface area (TPSA) is 53.1 Å². The van der Waals surface area contributed by atoms with Gasteiger partial charge in [0.2, 0.25) is 0 Å². The van der Waals surface area contributed by atoms with Gasteiger partial charge in [-0.15, -0.1) is 0 Å². The molecule has 4 nitrogen and oxygen atoms in total. The lowest BCUT2D eigenvalue weighted by Crippen LogP contribution is -2.20. The van der Waals surface area contributed by atoms with E-state index in [4.69, 9.17) is 15.5 Å². The Kier molecular flexibility index (Phi) is 4.27. The Bertz CT molecular complexity index is 612. The van der Waals surface area contributed by atoms with Gasteiger partial charge in [0.25, 0.3) is 0 Å². The zero-order chi connectivity index (χ0) is 14.8. The van der Waals surface area contributed by atoms with Gasteiger partial charge >= 0.3 is 0 Å². The predicted molar refractivity (Wildman–Crippen MR) is 85.3 cm³/mol. The van der Waals surface area contributed by atoms with Crippen molar-refractivity contribution in [3.8, 4) is 0 Å². The Labute approximate surface area is 126 Å². The van der Waals surface area contributed by atoms with Gasteiger partial charge in [-0.2, -0.15) is 0 Å². The van der Waals surface area contributed by atoms with Crippen LogP contribution in [0.25, 0.3) is 11.0 Å². The Morgan fingerprint density at radius 3 is 2.95 bits per heavy atom. The number of fused-ring (bicyclic) bond motifs is 1. The lowest BCUT2D eigenvalue weighted by Gasteiger charge is -2.23. The van der Waals surface area contributed by atoms with E-state index in [1.54, 1.807) is 0 Å². The highest BCUT2D eigenvalue weighted by molar-refractivity contribution is 5.77. The van der Waals surface area contributed by atoms with Gasteiger partial charge in [0.15, 0.2) is 0 Å². The number of hydrogen-bond donors (Lipinski definition) is 1. The first kappa shape index (κ1) is 14.5. The number of nitrogens with zero attached hydrogens (tertiary/aromatic N) is 2. The van der Waals surface area contributed by atoms with Crippen molar-refractivity contribution in [2.75, 3.05) is 13.2 Å². The number of aromatic nitrogens is 2. The summed E-state index contributed by atoms with van der Waals surface area (Å²) in [5.41, 5.74) is 9.19. The summed E-state index contributed by atoms with van der Waals surface area (Å²) in [5.74, 6) is 2.21. The fourth-order valence-electron chi connectivity index (χ4n) is 3.13.